The first-order valence-electron chi connectivity index (χ1n) is 11.0. The van der Waals surface area contributed by atoms with Crippen molar-refractivity contribution in [2.45, 2.75) is 58.0 Å². The molecule has 1 fully saturated rings. The van der Waals surface area contributed by atoms with Crippen LogP contribution < -0.4 is 4.90 Å². The van der Waals surface area contributed by atoms with Gasteiger partial charge in [0.15, 0.2) is 5.82 Å². The summed E-state index contributed by atoms with van der Waals surface area (Å²) in [4.78, 5) is 31.5. The van der Waals surface area contributed by atoms with Crippen molar-refractivity contribution in [1.29, 1.82) is 0 Å². The summed E-state index contributed by atoms with van der Waals surface area (Å²) < 4.78 is 5.12. The topological polar surface area (TPSA) is 71.5 Å². The van der Waals surface area contributed by atoms with Crippen LogP contribution in [0, 0.1) is 6.92 Å². The summed E-state index contributed by atoms with van der Waals surface area (Å²) in [6, 6.07) is 5.97. The minimum atomic E-state index is -0.0502. The van der Waals surface area contributed by atoms with Crippen LogP contribution in [0.25, 0.3) is 0 Å². The first-order chi connectivity index (χ1) is 14.7. The Morgan fingerprint density at radius 3 is 2.90 bits per heavy atom. The van der Waals surface area contributed by atoms with E-state index in [2.05, 4.69) is 22.9 Å². The Labute approximate surface area is 178 Å². The second-order valence-corrected chi connectivity index (χ2v) is 8.16. The number of rotatable bonds is 6. The van der Waals surface area contributed by atoms with Gasteiger partial charge in [0.2, 0.25) is 5.91 Å². The predicted molar refractivity (Wildman–Crippen MR) is 115 cm³/mol. The fraction of sp³-hybridized carbons (Fsp3) is 0.565. The molecule has 0 radical (unpaired) electrons. The van der Waals surface area contributed by atoms with Gasteiger partial charge in [0, 0.05) is 37.7 Å². The molecule has 4 heterocycles. The summed E-state index contributed by atoms with van der Waals surface area (Å²) in [5.74, 6) is 1.93. The molecule has 7 nitrogen and oxygen atoms in total. The Morgan fingerprint density at radius 2 is 2.10 bits per heavy atom. The quantitative estimate of drug-likeness (QED) is 0.730. The number of nitrogens with zero attached hydrogens (tertiary/aromatic N) is 5. The van der Waals surface area contributed by atoms with Gasteiger partial charge in [-0.1, -0.05) is 6.07 Å². The molecule has 4 rings (SSSR count). The molecule has 2 aliphatic heterocycles. The van der Waals surface area contributed by atoms with Crippen molar-refractivity contribution in [2.24, 2.45) is 0 Å². The molecule has 2 aromatic heterocycles. The molecule has 1 saturated heterocycles. The third kappa shape index (κ3) is 4.46. The fourth-order valence-corrected chi connectivity index (χ4v) is 4.53. The lowest BCUT2D eigenvalue weighted by Gasteiger charge is -2.36. The maximum Gasteiger partial charge on any atom is 0.225 e. The van der Waals surface area contributed by atoms with Crippen LogP contribution in [-0.2, 0) is 22.5 Å². The van der Waals surface area contributed by atoms with Crippen molar-refractivity contribution in [3.05, 3.63) is 47.2 Å². The maximum absolute atomic E-state index is 12.8. The number of aryl methyl sites for hydroxylation is 1. The van der Waals surface area contributed by atoms with E-state index in [-0.39, 0.29) is 11.9 Å². The SMILES string of the molecule is COCCC(=O)N1CCCC[C@@H]1c1nc(C)c2c(n1)N(Cc1ccccn1)CCC2. The van der Waals surface area contributed by atoms with Crippen molar-refractivity contribution >= 4 is 11.7 Å². The smallest absolute Gasteiger partial charge is 0.225 e. The first kappa shape index (κ1) is 20.7. The number of carbonyl (C=O) groups excluding carboxylic acids is 1. The Morgan fingerprint density at radius 1 is 1.20 bits per heavy atom. The molecular weight excluding hydrogens is 378 g/mol. The van der Waals surface area contributed by atoms with E-state index in [1.54, 1.807) is 7.11 Å². The third-order valence-electron chi connectivity index (χ3n) is 6.08. The van der Waals surface area contributed by atoms with Crippen LogP contribution in [0.3, 0.4) is 0 Å². The maximum atomic E-state index is 12.8. The van der Waals surface area contributed by atoms with Gasteiger partial charge in [-0.05, 0) is 51.2 Å². The summed E-state index contributed by atoms with van der Waals surface area (Å²) in [5, 5.41) is 0. The highest BCUT2D eigenvalue weighted by Gasteiger charge is 2.32. The first-order valence-corrected chi connectivity index (χ1v) is 11.0. The lowest BCUT2D eigenvalue weighted by atomic mass is 9.99. The number of pyridine rings is 1. The zero-order valence-electron chi connectivity index (χ0n) is 18.0. The standard InChI is InChI=1S/C23H31N5O2/c1-17-19-9-7-13-27(16-18-8-3-5-12-24-18)23(19)26-22(25-17)20-10-4-6-14-28(20)21(29)11-15-30-2/h3,5,8,12,20H,4,6-7,9-11,13-16H2,1-2H3/t20-/m1/s1. The number of hydrogen-bond donors (Lipinski definition) is 0. The molecule has 0 aliphatic carbocycles. The van der Waals surface area contributed by atoms with Crippen molar-refractivity contribution in [1.82, 2.24) is 19.9 Å². The van der Waals surface area contributed by atoms with E-state index < -0.39 is 0 Å². The number of amides is 1. The molecule has 2 aliphatic rings. The van der Waals surface area contributed by atoms with E-state index in [1.807, 2.05) is 23.2 Å². The van der Waals surface area contributed by atoms with Crippen LogP contribution in [0.5, 0.6) is 0 Å². The minimum Gasteiger partial charge on any atom is -0.384 e. The van der Waals surface area contributed by atoms with Gasteiger partial charge in [0.25, 0.3) is 0 Å². The number of carbonyl (C=O) groups is 1. The van der Waals surface area contributed by atoms with Crippen LogP contribution in [0.2, 0.25) is 0 Å². The third-order valence-corrected chi connectivity index (χ3v) is 6.08. The number of piperidine rings is 1. The van der Waals surface area contributed by atoms with E-state index in [0.717, 1.165) is 74.8 Å². The number of methoxy groups -OCH3 is 1. The lowest BCUT2D eigenvalue weighted by molar-refractivity contribution is -0.136. The lowest BCUT2D eigenvalue weighted by Crippen LogP contribution is -2.40. The highest BCUT2D eigenvalue weighted by Crippen LogP contribution is 2.34. The number of ether oxygens (including phenoxy) is 1. The molecule has 160 valence electrons. The highest BCUT2D eigenvalue weighted by atomic mass is 16.5. The van der Waals surface area contributed by atoms with E-state index in [0.29, 0.717) is 13.0 Å². The van der Waals surface area contributed by atoms with Crippen LogP contribution in [0.4, 0.5) is 5.82 Å². The molecule has 30 heavy (non-hydrogen) atoms. The Kier molecular flexibility index (Phi) is 6.57. The molecule has 0 N–H and O–H groups in total. The van der Waals surface area contributed by atoms with Gasteiger partial charge in [-0.3, -0.25) is 9.78 Å². The van der Waals surface area contributed by atoms with Crippen LogP contribution >= 0.6 is 0 Å². The van der Waals surface area contributed by atoms with Crippen molar-refractivity contribution in [2.75, 3.05) is 31.7 Å². The van der Waals surface area contributed by atoms with Gasteiger partial charge in [0.1, 0.15) is 5.82 Å². The van der Waals surface area contributed by atoms with E-state index >= 15 is 0 Å². The molecule has 1 amide bonds. The normalized spacial score (nSPS) is 18.9. The number of hydrogen-bond acceptors (Lipinski definition) is 6. The summed E-state index contributed by atoms with van der Waals surface area (Å²) in [7, 11) is 1.63. The second-order valence-electron chi connectivity index (χ2n) is 8.16. The molecule has 0 saturated carbocycles. The van der Waals surface area contributed by atoms with Crippen LogP contribution in [0.15, 0.2) is 24.4 Å². The Bertz CT molecular complexity index is 873. The molecule has 7 heteroatoms. The molecule has 0 aromatic carbocycles. The average molecular weight is 410 g/mol. The molecule has 0 bridgehead atoms. The highest BCUT2D eigenvalue weighted by molar-refractivity contribution is 5.76. The monoisotopic (exact) mass is 409 g/mol. The van der Waals surface area contributed by atoms with Gasteiger partial charge in [-0.25, -0.2) is 9.97 Å². The number of fused-ring (bicyclic) bond motifs is 1. The van der Waals surface area contributed by atoms with E-state index in [1.165, 1.54) is 5.56 Å². The Balaban J connectivity index is 1.63. The average Bonchev–Trinajstić information content (AvgIpc) is 2.78. The van der Waals surface area contributed by atoms with E-state index in [4.69, 9.17) is 14.7 Å². The molecule has 0 unspecified atom stereocenters. The van der Waals surface area contributed by atoms with Crippen molar-refractivity contribution < 1.29 is 9.53 Å². The van der Waals surface area contributed by atoms with Gasteiger partial charge in [-0.15, -0.1) is 0 Å². The van der Waals surface area contributed by atoms with Gasteiger partial charge >= 0.3 is 0 Å². The summed E-state index contributed by atoms with van der Waals surface area (Å²) in [6.45, 7) is 4.99. The summed E-state index contributed by atoms with van der Waals surface area (Å²) in [6.07, 6.45) is 7.37. The van der Waals surface area contributed by atoms with Crippen molar-refractivity contribution in [3.8, 4) is 0 Å². The number of anilines is 1. The molecular formula is C23H31N5O2. The largest absolute Gasteiger partial charge is 0.384 e. The molecule has 1 atom stereocenters. The zero-order chi connectivity index (χ0) is 20.9. The van der Waals surface area contributed by atoms with Gasteiger partial charge < -0.3 is 14.5 Å². The van der Waals surface area contributed by atoms with Gasteiger partial charge in [0.05, 0.1) is 31.3 Å². The molecule has 2 aromatic rings. The van der Waals surface area contributed by atoms with E-state index in [9.17, 15) is 4.79 Å². The second kappa shape index (κ2) is 9.51. The Hall–Kier alpha value is -2.54. The number of aromatic nitrogens is 3. The van der Waals surface area contributed by atoms with Gasteiger partial charge in [-0.2, -0.15) is 0 Å². The minimum absolute atomic E-state index is 0.0502. The summed E-state index contributed by atoms with van der Waals surface area (Å²) in [5.41, 5.74) is 3.31. The van der Waals surface area contributed by atoms with Crippen LogP contribution in [0.1, 0.15) is 60.9 Å². The number of likely N-dealkylation sites (tertiary alicyclic amines) is 1. The predicted octanol–water partition coefficient (Wildman–Crippen LogP) is 3.22. The molecule has 0 spiro atoms. The zero-order valence-corrected chi connectivity index (χ0v) is 18.0. The summed E-state index contributed by atoms with van der Waals surface area (Å²) >= 11 is 0. The van der Waals surface area contributed by atoms with Crippen LogP contribution in [-0.4, -0.2) is 52.6 Å². The van der Waals surface area contributed by atoms with Crippen molar-refractivity contribution in [3.63, 3.8) is 0 Å². The fourth-order valence-electron chi connectivity index (χ4n) is 4.53.